The largest absolute Gasteiger partial charge is 0.387 e. The molecule has 1 heterocycles. The van der Waals surface area contributed by atoms with Crippen molar-refractivity contribution in [3.05, 3.63) is 42.0 Å². The molecule has 0 saturated carbocycles. The Bertz CT molecular complexity index is 368. The molecule has 1 fully saturated rings. The van der Waals surface area contributed by atoms with E-state index in [2.05, 4.69) is 0 Å². The standard InChI is InChI=1S/C15H20O2/c1-15(16)11-5-6-12-17-14(15)10-9-13-7-3-2-4-8-13/h2-4,7-10,14,16H,5-6,11-12H2,1H3/b10-9+/t14-,15+/m0/s1. The van der Waals surface area contributed by atoms with Gasteiger partial charge in [-0.1, -0.05) is 42.5 Å². The van der Waals surface area contributed by atoms with Gasteiger partial charge >= 0.3 is 0 Å². The minimum Gasteiger partial charge on any atom is -0.387 e. The Kier molecular flexibility index (Phi) is 3.97. The zero-order valence-corrected chi connectivity index (χ0v) is 10.3. The number of rotatable bonds is 2. The van der Waals surface area contributed by atoms with Crippen LogP contribution in [0.3, 0.4) is 0 Å². The number of hydrogen-bond acceptors (Lipinski definition) is 2. The third-order valence-corrected chi connectivity index (χ3v) is 3.25. The van der Waals surface area contributed by atoms with Crippen LogP contribution in [0.2, 0.25) is 0 Å². The SMILES string of the molecule is C[C@@]1(O)CCCCO[C@H]1/C=C/c1ccccc1. The smallest absolute Gasteiger partial charge is 0.104 e. The van der Waals surface area contributed by atoms with Gasteiger partial charge in [-0.15, -0.1) is 0 Å². The summed E-state index contributed by atoms with van der Waals surface area (Å²) in [6.45, 7) is 2.60. The van der Waals surface area contributed by atoms with Crippen LogP contribution < -0.4 is 0 Å². The van der Waals surface area contributed by atoms with Crippen LogP contribution in [-0.2, 0) is 4.74 Å². The maximum Gasteiger partial charge on any atom is 0.104 e. The van der Waals surface area contributed by atoms with E-state index < -0.39 is 5.60 Å². The van der Waals surface area contributed by atoms with Crippen LogP contribution >= 0.6 is 0 Å². The lowest BCUT2D eigenvalue weighted by Gasteiger charge is -2.28. The topological polar surface area (TPSA) is 29.5 Å². The fourth-order valence-electron chi connectivity index (χ4n) is 2.14. The fourth-order valence-corrected chi connectivity index (χ4v) is 2.14. The van der Waals surface area contributed by atoms with Crippen molar-refractivity contribution in [1.82, 2.24) is 0 Å². The van der Waals surface area contributed by atoms with Gasteiger partial charge in [-0.3, -0.25) is 0 Å². The third kappa shape index (κ3) is 3.42. The first-order valence-electron chi connectivity index (χ1n) is 6.26. The molecule has 2 rings (SSSR count). The quantitative estimate of drug-likeness (QED) is 0.849. The van der Waals surface area contributed by atoms with Crippen molar-refractivity contribution in [1.29, 1.82) is 0 Å². The molecule has 1 aromatic rings. The Labute approximate surface area is 103 Å². The second-order valence-electron chi connectivity index (χ2n) is 4.88. The maximum atomic E-state index is 10.3. The van der Waals surface area contributed by atoms with Gasteiger partial charge in [0.1, 0.15) is 6.10 Å². The highest BCUT2D eigenvalue weighted by Gasteiger charge is 2.32. The molecule has 92 valence electrons. The highest BCUT2D eigenvalue weighted by molar-refractivity contribution is 5.49. The second kappa shape index (κ2) is 5.48. The van der Waals surface area contributed by atoms with Crippen molar-refractivity contribution in [3.63, 3.8) is 0 Å². The minimum absolute atomic E-state index is 0.204. The predicted molar refractivity (Wildman–Crippen MR) is 69.7 cm³/mol. The summed E-state index contributed by atoms with van der Waals surface area (Å²) in [5, 5.41) is 10.3. The molecule has 0 radical (unpaired) electrons. The fraction of sp³-hybridized carbons (Fsp3) is 0.467. The molecule has 0 amide bonds. The van der Waals surface area contributed by atoms with Gasteiger partial charge in [0, 0.05) is 6.61 Å². The van der Waals surface area contributed by atoms with Crippen molar-refractivity contribution in [2.24, 2.45) is 0 Å². The average Bonchev–Trinajstić information content (AvgIpc) is 2.49. The zero-order valence-electron chi connectivity index (χ0n) is 10.3. The summed E-state index contributed by atoms with van der Waals surface area (Å²) in [6.07, 6.45) is 6.65. The normalized spacial score (nSPS) is 30.4. The van der Waals surface area contributed by atoms with Crippen LogP contribution in [0, 0.1) is 0 Å². The zero-order chi connectivity index (χ0) is 12.1. The number of benzene rings is 1. The van der Waals surface area contributed by atoms with Crippen molar-refractivity contribution in [3.8, 4) is 0 Å². The first kappa shape index (κ1) is 12.3. The molecule has 0 bridgehead atoms. The van der Waals surface area contributed by atoms with Gasteiger partial charge in [-0.2, -0.15) is 0 Å². The molecular weight excluding hydrogens is 212 g/mol. The molecule has 2 nitrogen and oxygen atoms in total. The average molecular weight is 232 g/mol. The van der Waals surface area contributed by atoms with E-state index in [9.17, 15) is 5.11 Å². The monoisotopic (exact) mass is 232 g/mol. The Hall–Kier alpha value is -1.12. The number of ether oxygens (including phenoxy) is 1. The van der Waals surface area contributed by atoms with Crippen molar-refractivity contribution in [2.75, 3.05) is 6.61 Å². The summed E-state index contributed by atoms with van der Waals surface area (Å²) < 4.78 is 5.70. The van der Waals surface area contributed by atoms with Crippen LogP contribution in [0.15, 0.2) is 36.4 Å². The molecule has 1 N–H and O–H groups in total. The van der Waals surface area contributed by atoms with Crippen molar-refractivity contribution in [2.45, 2.75) is 37.9 Å². The first-order chi connectivity index (χ1) is 8.18. The summed E-state index contributed by atoms with van der Waals surface area (Å²) in [6, 6.07) is 10.1. The molecule has 2 heteroatoms. The molecule has 2 atom stereocenters. The minimum atomic E-state index is -0.748. The van der Waals surface area contributed by atoms with Gasteiger partial charge in [-0.25, -0.2) is 0 Å². The molecule has 1 aliphatic heterocycles. The maximum absolute atomic E-state index is 10.3. The highest BCUT2D eigenvalue weighted by atomic mass is 16.5. The van der Waals surface area contributed by atoms with E-state index in [0.717, 1.165) is 31.4 Å². The Morgan fingerprint density at radius 3 is 2.82 bits per heavy atom. The van der Waals surface area contributed by atoms with E-state index in [1.807, 2.05) is 49.4 Å². The molecule has 1 aliphatic rings. The third-order valence-electron chi connectivity index (χ3n) is 3.25. The lowest BCUT2D eigenvalue weighted by atomic mass is 9.93. The van der Waals surface area contributed by atoms with Crippen LogP contribution in [0.5, 0.6) is 0 Å². The van der Waals surface area contributed by atoms with E-state index in [-0.39, 0.29) is 6.10 Å². The van der Waals surface area contributed by atoms with Gasteiger partial charge in [0.2, 0.25) is 0 Å². The lowest BCUT2D eigenvalue weighted by molar-refractivity contribution is -0.0641. The first-order valence-corrected chi connectivity index (χ1v) is 6.26. The molecule has 0 unspecified atom stereocenters. The van der Waals surface area contributed by atoms with E-state index in [1.54, 1.807) is 0 Å². The van der Waals surface area contributed by atoms with Gasteiger partial charge in [-0.05, 0) is 31.7 Å². The Balaban J connectivity index is 2.08. The summed E-state index contributed by atoms with van der Waals surface area (Å²) in [4.78, 5) is 0. The molecular formula is C15H20O2. The van der Waals surface area contributed by atoms with Crippen LogP contribution in [0.4, 0.5) is 0 Å². The summed E-state index contributed by atoms with van der Waals surface area (Å²) >= 11 is 0. The van der Waals surface area contributed by atoms with Gasteiger partial charge in [0.25, 0.3) is 0 Å². The molecule has 1 saturated heterocycles. The summed E-state index contributed by atoms with van der Waals surface area (Å²) in [7, 11) is 0. The molecule has 0 spiro atoms. The molecule has 1 aromatic carbocycles. The summed E-state index contributed by atoms with van der Waals surface area (Å²) in [5.74, 6) is 0. The number of aliphatic hydroxyl groups is 1. The second-order valence-corrected chi connectivity index (χ2v) is 4.88. The van der Waals surface area contributed by atoms with E-state index in [4.69, 9.17) is 4.74 Å². The van der Waals surface area contributed by atoms with E-state index in [1.165, 1.54) is 0 Å². The van der Waals surface area contributed by atoms with Gasteiger partial charge in [0.15, 0.2) is 0 Å². The lowest BCUT2D eigenvalue weighted by Crippen LogP contribution is -2.38. The van der Waals surface area contributed by atoms with E-state index >= 15 is 0 Å². The Morgan fingerprint density at radius 1 is 1.29 bits per heavy atom. The van der Waals surface area contributed by atoms with Gasteiger partial charge in [0.05, 0.1) is 5.60 Å². The number of hydrogen-bond donors (Lipinski definition) is 1. The summed E-state index contributed by atoms with van der Waals surface area (Å²) in [5.41, 5.74) is 0.387. The Morgan fingerprint density at radius 2 is 2.06 bits per heavy atom. The van der Waals surface area contributed by atoms with E-state index in [0.29, 0.717) is 0 Å². The van der Waals surface area contributed by atoms with Crippen LogP contribution in [-0.4, -0.2) is 23.4 Å². The van der Waals surface area contributed by atoms with Crippen LogP contribution in [0.1, 0.15) is 31.7 Å². The van der Waals surface area contributed by atoms with Crippen molar-refractivity contribution < 1.29 is 9.84 Å². The molecule has 0 aliphatic carbocycles. The molecule has 17 heavy (non-hydrogen) atoms. The van der Waals surface area contributed by atoms with Crippen LogP contribution in [0.25, 0.3) is 6.08 Å². The van der Waals surface area contributed by atoms with Gasteiger partial charge < -0.3 is 9.84 Å². The molecule has 0 aromatic heterocycles. The predicted octanol–water partition coefficient (Wildman–Crippen LogP) is 3.02. The van der Waals surface area contributed by atoms with Crippen molar-refractivity contribution >= 4 is 6.08 Å². The highest BCUT2D eigenvalue weighted by Crippen LogP contribution is 2.25.